The third-order valence-corrected chi connectivity index (χ3v) is 0.927. The van der Waals surface area contributed by atoms with Crippen molar-refractivity contribution < 1.29 is 0 Å². The van der Waals surface area contributed by atoms with E-state index in [1.165, 1.54) is 5.01 Å². The molecule has 1 rings (SSSR count). The van der Waals surface area contributed by atoms with Gasteiger partial charge in [-0.1, -0.05) is 0 Å². The smallest absolute Gasteiger partial charge is 0.207 e. The second-order valence-corrected chi connectivity index (χ2v) is 2.44. The molecule has 0 aliphatic carbocycles. The first-order valence-electron chi connectivity index (χ1n) is 2.87. The van der Waals surface area contributed by atoms with Gasteiger partial charge in [0.05, 0.1) is 11.9 Å². The predicted octanol–water partition coefficient (Wildman–Crippen LogP) is 0.635. The fourth-order valence-corrected chi connectivity index (χ4v) is 0.521. The van der Waals surface area contributed by atoms with E-state index in [2.05, 4.69) is 5.43 Å². The van der Waals surface area contributed by atoms with Crippen LogP contribution in [0.15, 0.2) is 12.3 Å². The van der Waals surface area contributed by atoms with Crippen molar-refractivity contribution in [2.24, 2.45) is 5.73 Å². The lowest BCUT2D eigenvalue weighted by Crippen LogP contribution is -2.40. The molecule has 0 spiro atoms. The highest BCUT2D eigenvalue weighted by atomic mass is 35.5. The number of nitrogens with zero attached hydrogens (tertiary/aromatic N) is 1. The van der Waals surface area contributed by atoms with Crippen molar-refractivity contribution in [3.8, 4) is 0 Å². The van der Waals surface area contributed by atoms with Crippen LogP contribution in [0.25, 0.3) is 0 Å². The van der Waals surface area contributed by atoms with E-state index in [0.29, 0.717) is 6.54 Å². The molecule has 1 heterocycles. The van der Waals surface area contributed by atoms with Gasteiger partial charge >= 0.3 is 0 Å². The minimum Gasteiger partial charge on any atom is -0.369 e. The van der Waals surface area contributed by atoms with Gasteiger partial charge in [-0.25, -0.2) is 0 Å². The summed E-state index contributed by atoms with van der Waals surface area (Å²) in [5.41, 5.74) is 7.86. The van der Waals surface area contributed by atoms with Crippen molar-refractivity contribution in [3.63, 3.8) is 0 Å². The highest BCUT2D eigenvalue weighted by molar-refractivity contribution is 6.40. The summed E-state index contributed by atoms with van der Waals surface area (Å²) in [7, 11) is 0. The number of hydrogen-bond donors (Lipinski definition) is 3. The van der Waals surface area contributed by atoms with Crippen LogP contribution in [-0.4, -0.2) is 22.9 Å². The Morgan fingerprint density at radius 3 is 2.45 bits per heavy atom. The van der Waals surface area contributed by atoms with Gasteiger partial charge in [0.1, 0.15) is 0 Å². The molecule has 0 saturated carbocycles. The zero-order chi connectivity index (χ0) is 8.69. The van der Waals surface area contributed by atoms with Crippen LogP contribution >= 0.6 is 23.2 Å². The van der Waals surface area contributed by atoms with Crippen molar-refractivity contribution in [2.45, 2.75) is 0 Å². The Balaban J connectivity index is 0.000000292. The molecule has 0 fully saturated rings. The lowest BCUT2D eigenvalue weighted by atomic mass is 10.6. The SMILES string of the molecule is ClCCl.N=C(N)N1CC=CN1. The molecule has 0 radical (unpaired) electrons. The van der Waals surface area contributed by atoms with E-state index in [-0.39, 0.29) is 11.3 Å². The van der Waals surface area contributed by atoms with E-state index in [1.54, 1.807) is 6.20 Å². The van der Waals surface area contributed by atoms with Gasteiger partial charge in [0.15, 0.2) is 0 Å². The van der Waals surface area contributed by atoms with Crippen molar-refractivity contribution in [1.82, 2.24) is 10.4 Å². The first-order chi connectivity index (χ1) is 5.22. The first-order valence-corrected chi connectivity index (χ1v) is 3.94. The van der Waals surface area contributed by atoms with Crippen LogP contribution in [-0.2, 0) is 0 Å². The Morgan fingerprint density at radius 2 is 2.27 bits per heavy atom. The number of nitrogens with one attached hydrogen (secondary N) is 2. The summed E-state index contributed by atoms with van der Waals surface area (Å²) in [6.07, 6.45) is 3.64. The van der Waals surface area contributed by atoms with Crippen LogP contribution in [0.5, 0.6) is 0 Å². The summed E-state index contributed by atoms with van der Waals surface area (Å²) >= 11 is 9.53. The maximum atomic E-state index is 6.89. The quantitative estimate of drug-likeness (QED) is 0.303. The largest absolute Gasteiger partial charge is 0.369 e. The van der Waals surface area contributed by atoms with Gasteiger partial charge in [0.2, 0.25) is 5.96 Å². The van der Waals surface area contributed by atoms with Gasteiger partial charge in [-0.3, -0.25) is 10.4 Å². The number of nitrogens with two attached hydrogens (primary N) is 1. The normalized spacial score (nSPS) is 13.5. The van der Waals surface area contributed by atoms with E-state index in [1.807, 2.05) is 6.08 Å². The monoisotopic (exact) mass is 196 g/mol. The van der Waals surface area contributed by atoms with Gasteiger partial charge in [-0.05, 0) is 6.08 Å². The lowest BCUT2D eigenvalue weighted by Gasteiger charge is -2.14. The molecule has 1 aliphatic heterocycles. The highest BCUT2D eigenvalue weighted by Gasteiger charge is 2.03. The average Bonchev–Trinajstić information content (AvgIpc) is 2.38. The van der Waals surface area contributed by atoms with E-state index in [9.17, 15) is 0 Å². The van der Waals surface area contributed by atoms with Crippen LogP contribution in [0.3, 0.4) is 0 Å². The molecule has 0 unspecified atom stereocenters. The van der Waals surface area contributed by atoms with Crippen molar-refractivity contribution in [2.75, 3.05) is 11.9 Å². The molecule has 4 N–H and O–H groups in total. The van der Waals surface area contributed by atoms with Crippen LogP contribution in [0.4, 0.5) is 0 Å². The van der Waals surface area contributed by atoms with Crippen LogP contribution in [0.2, 0.25) is 0 Å². The minimum atomic E-state index is 0.0509. The summed E-state index contributed by atoms with van der Waals surface area (Å²) in [5, 5.41) is 8.62. The molecule has 0 amide bonds. The van der Waals surface area contributed by atoms with Crippen molar-refractivity contribution in [3.05, 3.63) is 12.3 Å². The Bertz CT molecular complexity index is 139. The number of alkyl halides is 2. The Hall–Kier alpha value is -0.610. The standard InChI is InChI=1S/C4H8N4.CH2Cl2/c5-4(6)8-3-1-2-7-8;2-1-3/h1-2,7H,3H2,(H3,5,6);1H2. The topological polar surface area (TPSA) is 65.1 Å². The maximum Gasteiger partial charge on any atom is 0.207 e. The molecular weight excluding hydrogens is 187 g/mol. The van der Waals surface area contributed by atoms with Gasteiger partial charge in [0.25, 0.3) is 0 Å². The second-order valence-electron chi connectivity index (χ2n) is 1.63. The molecule has 0 atom stereocenters. The van der Waals surface area contributed by atoms with Crippen molar-refractivity contribution >= 4 is 29.2 Å². The first kappa shape index (κ1) is 10.4. The summed E-state index contributed by atoms with van der Waals surface area (Å²) in [4.78, 5) is 0. The zero-order valence-electron chi connectivity index (χ0n) is 5.85. The summed E-state index contributed by atoms with van der Waals surface area (Å²) in [6.45, 7) is 0.690. The Morgan fingerprint density at radius 1 is 1.73 bits per heavy atom. The summed E-state index contributed by atoms with van der Waals surface area (Å²) < 4.78 is 0. The Kier molecular flexibility index (Phi) is 5.78. The summed E-state index contributed by atoms with van der Waals surface area (Å²) in [6, 6.07) is 0. The van der Waals surface area contributed by atoms with Gasteiger partial charge in [-0.2, -0.15) is 0 Å². The van der Waals surface area contributed by atoms with Crippen molar-refractivity contribution in [1.29, 1.82) is 5.41 Å². The maximum absolute atomic E-state index is 6.89. The van der Waals surface area contributed by atoms with Crippen LogP contribution < -0.4 is 11.2 Å². The molecule has 1 aliphatic rings. The molecular formula is C5H10Cl2N4. The molecule has 11 heavy (non-hydrogen) atoms. The molecule has 0 aromatic rings. The fourth-order valence-electron chi connectivity index (χ4n) is 0.521. The van der Waals surface area contributed by atoms with E-state index in [0.717, 1.165) is 0 Å². The molecule has 4 nitrogen and oxygen atoms in total. The summed E-state index contributed by atoms with van der Waals surface area (Å²) in [5.74, 6) is 0.0509. The van der Waals surface area contributed by atoms with Gasteiger partial charge in [-0.15, -0.1) is 23.2 Å². The number of rotatable bonds is 0. The predicted molar refractivity (Wildman–Crippen MR) is 47.5 cm³/mol. The number of hydrazine groups is 1. The molecule has 0 saturated heterocycles. The number of hydrogen-bond acceptors (Lipinski definition) is 2. The van der Waals surface area contributed by atoms with Gasteiger partial charge in [0, 0.05) is 6.20 Å². The lowest BCUT2D eigenvalue weighted by molar-refractivity contribution is 0.415. The van der Waals surface area contributed by atoms with Crippen LogP contribution in [0.1, 0.15) is 0 Å². The molecule has 0 aromatic heterocycles. The van der Waals surface area contributed by atoms with Crippen LogP contribution in [0, 0.1) is 5.41 Å². The van der Waals surface area contributed by atoms with Gasteiger partial charge < -0.3 is 11.2 Å². The third kappa shape index (κ3) is 4.75. The molecule has 64 valence electrons. The fraction of sp³-hybridized carbons (Fsp3) is 0.400. The minimum absolute atomic E-state index is 0.0509. The van der Waals surface area contributed by atoms with E-state index < -0.39 is 0 Å². The number of halogens is 2. The zero-order valence-corrected chi connectivity index (χ0v) is 7.36. The molecule has 6 heteroatoms. The molecule has 0 bridgehead atoms. The molecule has 0 aromatic carbocycles. The second kappa shape index (κ2) is 6.12. The average molecular weight is 197 g/mol. The number of guanidine groups is 1. The third-order valence-electron chi connectivity index (χ3n) is 0.927. The highest BCUT2D eigenvalue weighted by Crippen LogP contribution is 1.88. The Labute approximate surface area is 75.4 Å². The van der Waals surface area contributed by atoms with E-state index in [4.69, 9.17) is 34.3 Å². The van der Waals surface area contributed by atoms with E-state index >= 15 is 0 Å².